The monoisotopic (exact) mass is 427 g/mol. The van der Waals surface area contributed by atoms with E-state index in [1.807, 2.05) is 38.1 Å². The molecule has 6 nitrogen and oxygen atoms in total. The van der Waals surface area contributed by atoms with E-state index < -0.39 is 11.9 Å². The number of para-hydroxylation sites is 1. The number of esters is 1. The third-order valence-electron chi connectivity index (χ3n) is 5.65. The third kappa shape index (κ3) is 5.37. The van der Waals surface area contributed by atoms with Crippen molar-refractivity contribution in [1.29, 1.82) is 0 Å². The van der Waals surface area contributed by atoms with Crippen molar-refractivity contribution in [2.75, 3.05) is 26.4 Å². The molecule has 1 atom stereocenters. The van der Waals surface area contributed by atoms with Crippen LogP contribution >= 0.6 is 0 Å². The van der Waals surface area contributed by atoms with Crippen LogP contribution in [0.3, 0.4) is 0 Å². The highest BCUT2D eigenvalue weighted by atomic mass is 16.6. The minimum Gasteiger partial charge on any atom is -0.493 e. The molecule has 0 fully saturated rings. The predicted octanol–water partition coefficient (Wildman–Crippen LogP) is 4.41. The first-order chi connectivity index (χ1) is 15.1. The number of dihydropyridines is 1. The standard InChI is InChI=1S/C25H33NO5/c1-4-6-14-30-21-13-8-7-10-18(21)23-22(25(28)31-16-15-29-5-2)17(3)26-19-11-9-12-20(27)24(19)23/h7-8,10,13,23,26H,4-6,9,11-12,14-16H2,1-3H3/t23-/m0/s1. The normalized spacial score (nSPS) is 18.5. The Bertz CT molecular complexity index is 870. The molecule has 1 aromatic rings. The molecule has 6 heteroatoms. The number of ketones is 1. The smallest absolute Gasteiger partial charge is 0.336 e. The number of nitrogens with one attached hydrogen (secondary N) is 1. The van der Waals surface area contributed by atoms with E-state index in [1.54, 1.807) is 0 Å². The van der Waals surface area contributed by atoms with Crippen LogP contribution in [0.2, 0.25) is 0 Å². The summed E-state index contributed by atoms with van der Waals surface area (Å²) in [4.78, 5) is 26.2. The first-order valence-corrected chi connectivity index (χ1v) is 11.3. The van der Waals surface area contributed by atoms with Crippen LogP contribution in [0, 0.1) is 0 Å². The average Bonchev–Trinajstić information content (AvgIpc) is 2.76. The number of rotatable bonds is 10. The van der Waals surface area contributed by atoms with Crippen molar-refractivity contribution in [1.82, 2.24) is 5.32 Å². The molecule has 1 aromatic carbocycles. The number of benzene rings is 1. The van der Waals surface area contributed by atoms with Crippen LogP contribution in [0.25, 0.3) is 0 Å². The average molecular weight is 428 g/mol. The van der Waals surface area contributed by atoms with E-state index in [0.29, 0.717) is 43.1 Å². The summed E-state index contributed by atoms with van der Waals surface area (Å²) in [5.74, 6) is -0.140. The van der Waals surface area contributed by atoms with Gasteiger partial charge in [-0.15, -0.1) is 0 Å². The van der Waals surface area contributed by atoms with Gasteiger partial charge in [0.25, 0.3) is 0 Å². The summed E-state index contributed by atoms with van der Waals surface area (Å²) in [5.41, 5.74) is 3.60. The fourth-order valence-electron chi connectivity index (χ4n) is 4.16. The summed E-state index contributed by atoms with van der Waals surface area (Å²) >= 11 is 0. The van der Waals surface area contributed by atoms with Crippen molar-refractivity contribution in [3.05, 3.63) is 52.4 Å². The lowest BCUT2D eigenvalue weighted by atomic mass is 9.75. The van der Waals surface area contributed by atoms with Gasteiger partial charge in [0, 0.05) is 35.6 Å². The van der Waals surface area contributed by atoms with Crippen molar-refractivity contribution in [3.8, 4) is 5.75 Å². The lowest BCUT2D eigenvalue weighted by Gasteiger charge is -2.34. The minimum atomic E-state index is -0.499. The Hall–Kier alpha value is -2.60. The maximum absolute atomic E-state index is 13.2. The van der Waals surface area contributed by atoms with Gasteiger partial charge in [0.05, 0.1) is 24.7 Å². The number of hydrogen-bond acceptors (Lipinski definition) is 6. The Morgan fingerprint density at radius 3 is 2.71 bits per heavy atom. The lowest BCUT2D eigenvalue weighted by Crippen LogP contribution is -2.34. The molecule has 168 valence electrons. The molecular weight excluding hydrogens is 394 g/mol. The van der Waals surface area contributed by atoms with Gasteiger partial charge in [-0.25, -0.2) is 4.79 Å². The molecular formula is C25H33NO5. The zero-order valence-corrected chi connectivity index (χ0v) is 18.8. The second-order valence-electron chi connectivity index (χ2n) is 7.84. The van der Waals surface area contributed by atoms with Crippen LogP contribution in [0.1, 0.15) is 64.4 Å². The fraction of sp³-hybridized carbons (Fsp3) is 0.520. The van der Waals surface area contributed by atoms with E-state index in [1.165, 1.54) is 0 Å². The maximum Gasteiger partial charge on any atom is 0.336 e. The second kappa shape index (κ2) is 11.1. The van der Waals surface area contributed by atoms with Gasteiger partial charge in [0.15, 0.2) is 5.78 Å². The Morgan fingerprint density at radius 1 is 1.13 bits per heavy atom. The van der Waals surface area contributed by atoms with E-state index in [2.05, 4.69) is 12.2 Å². The van der Waals surface area contributed by atoms with Gasteiger partial charge in [-0.3, -0.25) is 4.79 Å². The topological polar surface area (TPSA) is 73.9 Å². The van der Waals surface area contributed by atoms with Crippen molar-refractivity contribution in [3.63, 3.8) is 0 Å². The lowest BCUT2D eigenvalue weighted by molar-refractivity contribution is -0.140. The zero-order valence-electron chi connectivity index (χ0n) is 18.8. The van der Waals surface area contributed by atoms with Gasteiger partial charge in [-0.05, 0) is 39.2 Å². The molecule has 1 N–H and O–H groups in total. The summed E-state index contributed by atoms with van der Waals surface area (Å²) in [7, 11) is 0. The molecule has 0 aromatic heterocycles. The fourth-order valence-corrected chi connectivity index (χ4v) is 4.16. The minimum absolute atomic E-state index is 0.0780. The Morgan fingerprint density at radius 2 is 1.94 bits per heavy atom. The summed E-state index contributed by atoms with van der Waals surface area (Å²) in [6.07, 6.45) is 4.06. The van der Waals surface area contributed by atoms with E-state index in [9.17, 15) is 9.59 Å². The Balaban J connectivity index is 2.00. The molecule has 1 heterocycles. The molecule has 0 saturated carbocycles. The molecule has 0 saturated heterocycles. The van der Waals surface area contributed by atoms with Crippen LogP contribution in [0.5, 0.6) is 5.75 Å². The Kier molecular flexibility index (Phi) is 8.29. The van der Waals surface area contributed by atoms with Gasteiger partial charge in [0.2, 0.25) is 0 Å². The molecule has 0 bridgehead atoms. The highest BCUT2D eigenvalue weighted by molar-refractivity contribution is 6.04. The van der Waals surface area contributed by atoms with Gasteiger partial charge in [-0.1, -0.05) is 31.5 Å². The first kappa shape index (κ1) is 23.1. The summed E-state index contributed by atoms with van der Waals surface area (Å²) < 4.78 is 16.9. The zero-order chi connectivity index (χ0) is 22.2. The molecule has 1 aliphatic carbocycles. The molecule has 2 aliphatic rings. The van der Waals surface area contributed by atoms with Crippen molar-refractivity contribution < 1.29 is 23.8 Å². The summed E-state index contributed by atoms with van der Waals surface area (Å²) in [5, 5.41) is 3.32. The van der Waals surface area contributed by atoms with Crippen LogP contribution < -0.4 is 10.1 Å². The van der Waals surface area contributed by atoms with Gasteiger partial charge >= 0.3 is 5.97 Å². The Labute approximate surface area is 184 Å². The summed E-state index contributed by atoms with van der Waals surface area (Å²) in [6.45, 7) is 7.55. The van der Waals surface area contributed by atoms with Gasteiger partial charge in [0.1, 0.15) is 12.4 Å². The van der Waals surface area contributed by atoms with Crippen LogP contribution in [-0.2, 0) is 19.1 Å². The molecule has 0 spiro atoms. The van der Waals surface area contributed by atoms with Crippen LogP contribution in [0.4, 0.5) is 0 Å². The van der Waals surface area contributed by atoms with E-state index in [0.717, 1.165) is 42.6 Å². The maximum atomic E-state index is 13.2. The summed E-state index contributed by atoms with van der Waals surface area (Å²) in [6, 6.07) is 7.70. The first-order valence-electron chi connectivity index (χ1n) is 11.3. The number of carbonyl (C=O) groups is 2. The van der Waals surface area contributed by atoms with Gasteiger partial charge in [-0.2, -0.15) is 0 Å². The molecule has 0 amide bonds. The van der Waals surface area contributed by atoms with Crippen LogP contribution in [0.15, 0.2) is 46.8 Å². The number of ether oxygens (including phenoxy) is 3. The van der Waals surface area contributed by atoms with E-state index in [4.69, 9.17) is 14.2 Å². The molecule has 0 unspecified atom stereocenters. The third-order valence-corrected chi connectivity index (χ3v) is 5.65. The van der Waals surface area contributed by atoms with Crippen molar-refractivity contribution >= 4 is 11.8 Å². The molecule has 3 rings (SSSR count). The quantitative estimate of drug-likeness (QED) is 0.440. The second-order valence-corrected chi connectivity index (χ2v) is 7.84. The number of hydrogen-bond donors (Lipinski definition) is 1. The molecule has 31 heavy (non-hydrogen) atoms. The molecule has 1 aliphatic heterocycles. The molecule has 0 radical (unpaired) electrons. The SMILES string of the molecule is CCCCOc1ccccc1[C@H]1C(C(=O)OCCOCC)=C(C)NC2=C1C(=O)CCC2. The number of carbonyl (C=O) groups excluding carboxylic acids is 2. The highest BCUT2D eigenvalue weighted by Gasteiger charge is 2.40. The van der Waals surface area contributed by atoms with Crippen molar-refractivity contribution in [2.45, 2.75) is 58.8 Å². The number of allylic oxidation sites excluding steroid dienone is 3. The number of Topliss-reactive ketones (excluding diaryl/α,β-unsaturated/α-hetero) is 1. The predicted molar refractivity (Wildman–Crippen MR) is 119 cm³/mol. The number of unbranched alkanes of at least 4 members (excludes halogenated alkanes) is 1. The largest absolute Gasteiger partial charge is 0.493 e. The van der Waals surface area contributed by atoms with E-state index in [-0.39, 0.29) is 12.4 Å². The highest BCUT2D eigenvalue weighted by Crippen LogP contribution is 2.45. The van der Waals surface area contributed by atoms with Gasteiger partial charge < -0.3 is 19.5 Å². The van der Waals surface area contributed by atoms with Crippen molar-refractivity contribution in [2.24, 2.45) is 0 Å². The van der Waals surface area contributed by atoms with E-state index >= 15 is 0 Å². The van der Waals surface area contributed by atoms with Crippen LogP contribution in [-0.4, -0.2) is 38.2 Å².